The van der Waals surface area contributed by atoms with Crippen LogP contribution in [-0.2, 0) is 16.0 Å². The van der Waals surface area contributed by atoms with Gasteiger partial charge >= 0.3 is 0 Å². The van der Waals surface area contributed by atoms with Crippen LogP contribution in [0.3, 0.4) is 0 Å². The van der Waals surface area contributed by atoms with Gasteiger partial charge in [-0.2, -0.15) is 0 Å². The first kappa shape index (κ1) is 17.5. The molecule has 25 heavy (non-hydrogen) atoms. The van der Waals surface area contributed by atoms with Crippen LogP contribution in [0, 0.1) is 6.92 Å². The molecule has 5 heteroatoms. The van der Waals surface area contributed by atoms with Gasteiger partial charge in [0, 0.05) is 49.1 Å². The van der Waals surface area contributed by atoms with Gasteiger partial charge in [0.25, 0.3) is 0 Å². The van der Waals surface area contributed by atoms with Crippen molar-refractivity contribution in [1.82, 2.24) is 15.2 Å². The van der Waals surface area contributed by atoms with Crippen LogP contribution in [-0.4, -0.2) is 41.3 Å². The molecule has 2 heterocycles. The number of hydrogen-bond donors (Lipinski definition) is 2. The van der Waals surface area contributed by atoms with E-state index in [1.165, 1.54) is 10.9 Å². The van der Waals surface area contributed by atoms with Gasteiger partial charge in [-0.3, -0.25) is 9.59 Å². The molecule has 134 valence electrons. The number of aryl methyl sites for hydroxylation is 1. The molecule has 5 nitrogen and oxygen atoms in total. The lowest BCUT2D eigenvalue weighted by atomic mass is 10.1. The van der Waals surface area contributed by atoms with Gasteiger partial charge in [-0.1, -0.05) is 24.6 Å². The zero-order valence-electron chi connectivity index (χ0n) is 14.9. The molecule has 1 aliphatic heterocycles. The van der Waals surface area contributed by atoms with Crippen LogP contribution in [0.25, 0.3) is 10.9 Å². The normalized spacial score (nSPS) is 15.4. The molecular weight excluding hydrogens is 314 g/mol. The number of H-pyrrole nitrogens is 1. The van der Waals surface area contributed by atoms with Gasteiger partial charge in [-0.15, -0.1) is 0 Å². The highest BCUT2D eigenvalue weighted by molar-refractivity contribution is 5.84. The first-order valence-corrected chi connectivity index (χ1v) is 9.26. The van der Waals surface area contributed by atoms with Crippen molar-refractivity contribution in [3.05, 3.63) is 35.5 Å². The fourth-order valence-corrected chi connectivity index (χ4v) is 3.58. The maximum Gasteiger partial charge on any atom is 0.222 e. The van der Waals surface area contributed by atoms with Gasteiger partial charge in [0.2, 0.25) is 11.8 Å². The maximum atomic E-state index is 12.1. The molecule has 2 amide bonds. The van der Waals surface area contributed by atoms with Crippen LogP contribution in [0.4, 0.5) is 0 Å². The molecule has 1 saturated heterocycles. The Hall–Kier alpha value is -2.30. The van der Waals surface area contributed by atoms with Crippen LogP contribution in [0.15, 0.2) is 24.3 Å². The third-order valence-corrected chi connectivity index (χ3v) is 5.00. The van der Waals surface area contributed by atoms with Crippen molar-refractivity contribution >= 4 is 22.7 Å². The Labute approximate surface area is 148 Å². The lowest BCUT2D eigenvalue weighted by Crippen LogP contribution is -2.35. The molecule has 1 aliphatic rings. The Morgan fingerprint density at radius 1 is 1.24 bits per heavy atom. The van der Waals surface area contributed by atoms with E-state index in [2.05, 4.69) is 29.4 Å². The fraction of sp³-hybridized carbons (Fsp3) is 0.500. The van der Waals surface area contributed by atoms with Gasteiger partial charge in [0.15, 0.2) is 0 Å². The number of aromatic nitrogens is 1. The van der Waals surface area contributed by atoms with Crippen molar-refractivity contribution in [3.8, 4) is 0 Å². The van der Waals surface area contributed by atoms with Gasteiger partial charge in [0.1, 0.15) is 0 Å². The number of carbonyl (C=O) groups excluding carboxylic acids is 2. The summed E-state index contributed by atoms with van der Waals surface area (Å²) in [4.78, 5) is 29.3. The second-order valence-electron chi connectivity index (χ2n) is 6.82. The fourth-order valence-electron chi connectivity index (χ4n) is 3.58. The summed E-state index contributed by atoms with van der Waals surface area (Å²) in [6.45, 7) is 4.02. The van der Waals surface area contributed by atoms with Gasteiger partial charge < -0.3 is 15.2 Å². The molecule has 0 bridgehead atoms. The van der Waals surface area contributed by atoms with Crippen molar-refractivity contribution < 1.29 is 9.59 Å². The predicted octanol–water partition coefficient (Wildman–Crippen LogP) is 2.93. The Morgan fingerprint density at radius 2 is 2.08 bits per heavy atom. The topological polar surface area (TPSA) is 65.2 Å². The van der Waals surface area contributed by atoms with E-state index in [1.807, 2.05) is 17.0 Å². The standard InChI is InChI=1S/C20H27N3O2/c1-15-16(17-7-4-5-8-18(17)22-15)10-12-21-19(24)11-14-23-13-6-2-3-9-20(23)25/h4-5,7-8,22H,2-3,6,9-14H2,1H3,(H,21,24). The third-order valence-electron chi connectivity index (χ3n) is 5.00. The number of amides is 2. The molecule has 2 N–H and O–H groups in total. The largest absolute Gasteiger partial charge is 0.358 e. The summed E-state index contributed by atoms with van der Waals surface area (Å²) in [5.74, 6) is 0.217. The summed E-state index contributed by atoms with van der Waals surface area (Å²) in [6, 6.07) is 8.24. The van der Waals surface area contributed by atoms with Crippen molar-refractivity contribution in [2.45, 2.75) is 45.4 Å². The number of hydrogen-bond acceptors (Lipinski definition) is 2. The second-order valence-corrected chi connectivity index (χ2v) is 6.82. The Morgan fingerprint density at radius 3 is 2.96 bits per heavy atom. The van der Waals surface area contributed by atoms with Crippen LogP contribution in [0.1, 0.15) is 43.4 Å². The van der Waals surface area contributed by atoms with E-state index < -0.39 is 0 Å². The molecule has 0 unspecified atom stereocenters. The van der Waals surface area contributed by atoms with Crippen molar-refractivity contribution in [2.75, 3.05) is 19.6 Å². The van der Waals surface area contributed by atoms with Crippen molar-refractivity contribution in [2.24, 2.45) is 0 Å². The molecule has 0 aliphatic carbocycles. The monoisotopic (exact) mass is 341 g/mol. The Balaban J connectivity index is 1.46. The highest BCUT2D eigenvalue weighted by atomic mass is 16.2. The number of carbonyl (C=O) groups is 2. The lowest BCUT2D eigenvalue weighted by Gasteiger charge is -2.20. The van der Waals surface area contributed by atoms with Crippen molar-refractivity contribution in [1.29, 1.82) is 0 Å². The summed E-state index contributed by atoms with van der Waals surface area (Å²) in [5.41, 5.74) is 3.56. The average molecular weight is 341 g/mol. The molecular formula is C20H27N3O2. The summed E-state index contributed by atoms with van der Waals surface area (Å²) >= 11 is 0. The van der Waals surface area contributed by atoms with E-state index in [0.717, 1.165) is 43.4 Å². The van der Waals surface area contributed by atoms with E-state index in [4.69, 9.17) is 0 Å². The molecule has 0 atom stereocenters. The summed E-state index contributed by atoms with van der Waals surface area (Å²) < 4.78 is 0. The number of aromatic amines is 1. The first-order chi connectivity index (χ1) is 12.1. The Bertz CT molecular complexity index is 750. The lowest BCUT2D eigenvalue weighted by molar-refractivity contribution is -0.131. The van der Waals surface area contributed by atoms with Crippen molar-refractivity contribution in [3.63, 3.8) is 0 Å². The second kappa shape index (κ2) is 8.19. The van der Waals surface area contributed by atoms with E-state index >= 15 is 0 Å². The van der Waals surface area contributed by atoms with Gasteiger partial charge in [0.05, 0.1) is 0 Å². The molecule has 0 radical (unpaired) electrons. The van der Waals surface area contributed by atoms with Gasteiger partial charge in [-0.25, -0.2) is 0 Å². The highest BCUT2D eigenvalue weighted by Gasteiger charge is 2.17. The number of benzene rings is 1. The number of nitrogens with zero attached hydrogens (tertiary/aromatic N) is 1. The van der Waals surface area contributed by atoms with Crippen LogP contribution in [0.5, 0.6) is 0 Å². The summed E-state index contributed by atoms with van der Waals surface area (Å²) in [6.07, 6.45) is 4.96. The van der Waals surface area contributed by atoms with Crippen LogP contribution in [0.2, 0.25) is 0 Å². The number of likely N-dealkylation sites (tertiary alicyclic amines) is 1. The predicted molar refractivity (Wildman–Crippen MR) is 99.4 cm³/mol. The quantitative estimate of drug-likeness (QED) is 0.848. The minimum Gasteiger partial charge on any atom is -0.358 e. The zero-order valence-corrected chi connectivity index (χ0v) is 14.9. The third kappa shape index (κ3) is 4.41. The number of nitrogens with one attached hydrogen (secondary N) is 2. The molecule has 0 saturated carbocycles. The molecule has 2 aromatic rings. The summed E-state index contributed by atoms with van der Waals surface area (Å²) in [5, 5.41) is 4.22. The molecule has 0 spiro atoms. The number of rotatable bonds is 6. The Kier molecular flexibility index (Phi) is 5.74. The maximum absolute atomic E-state index is 12.1. The minimum absolute atomic E-state index is 0.0227. The highest BCUT2D eigenvalue weighted by Crippen LogP contribution is 2.21. The van der Waals surface area contributed by atoms with E-state index in [-0.39, 0.29) is 11.8 Å². The number of fused-ring (bicyclic) bond motifs is 1. The van der Waals surface area contributed by atoms with Gasteiger partial charge in [-0.05, 0) is 37.8 Å². The smallest absolute Gasteiger partial charge is 0.222 e. The SMILES string of the molecule is Cc1[nH]c2ccccc2c1CCNC(=O)CCN1CCCCCC1=O. The van der Waals surface area contributed by atoms with Crippen LogP contribution < -0.4 is 5.32 Å². The molecule has 1 aromatic heterocycles. The molecule has 1 aromatic carbocycles. The molecule has 1 fully saturated rings. The van der Waals surface area contributed by atoms with Crippen LogP contribution >= 0.6 is 0 Å². The van der Waals surface area contributed by atoms with E-state index in [1.54, 1.807) is 0 Å². The number of para-hydroxylation sites is 1. The zero-order chi connectivity index (χ0) is 17.6. The average Bonchev–Trinajstić information content (AvgIpc) is 2.77. The molecule has 3 rings (SSSR count). The first-order valence-electron chi connectivity index (χ1n) is 9.26. The van der Waals surface area contributed by atoms with E-state index in [9.17, 15) is 9.59 Å². The minimum atomic E-state index is 0.0227. The van der Waals surface area contributed by atoms with E-state index in [0.29, 0.717) is 25.9 Å². The summed E-state index contributed by atoms with van der Waals surface area (Å²) in [7, 11) is 0.